The highest BCUT2D eigenvalue weighted by molar-refractivity contribution is 5.41. The van der Waals surface area contributed by atoms with Crippen molar-refractivity contribution in [2.45, 2.75) is 32.0 Å². The molecule has 3 N–H and O–H groups in total. The molecule has 0 radical (unpaired) electrons. The summed E-state index contributed by atoms with van der Waals surface area (Å²) >= 11 is 0. The Morgan fingerprint density at radius 1 is 1.30 bits per heavy atom. The zero-order valence-corrected chi connectivity index (χ0v) is 12.6. The summed E-state index contributed by atoms with van der Waals surface area (Å²) in [5.41, 5.74) is -0.103. The Morgan fingerprint density at radius 3 is 2.55 bits per heavy atom. The van der Waals surface area contributed by atoms with E-state index in [9.17, 15) is 10.2 Å². The molecule has 2 atom stereocenters. The second kappa shape index (κ2) is 7.47. The first-order valence-corrected chi connectivity index (χ1v) is 6.76. The van der Waals surface area contributed by atoms with Crippen molar-refractivity contribution in [2.75, 3.05) is 27.3 Å². The van der Waals surface area contributed by atoms with E-state index in [1.807, 2.05) is 6.92 Å². The summed E-state index contributed by atoms with van der Waals surface area (Å²) in [5.74, 6) is 1.28. The number of nitrogens with one attached hydrogen (secondary N) is 1. The van der Waals surface area contributed by atoms with E-state index in [1.54, 1.807) is 39.3 Å². The van der Waals surface area contributed by atoms with Crippen molar-refractivity contribution in [3.63, 3.8) is 0 Å². The van der Waals surface area contributed by atoms with Crippen LogP contribution in [0.25, 0.3) is 0 Å². The number of hydrogen-bond acceptors (Lipinski definition) is 5. The standard InChI is InChI=1S/C15H25NO4/c1-5-15(2,18)10-16-9-13(17)12-8-11(19-3)6-7-14(12)20-4/h6-8,13,16-18H,5,9-10H2,1-4H3. The summed E-state index contributed by atoms with van der Waals surface area (Å²) in [6, 6.07) is 5.30. The topological polar surface area (TPSA) is 71.0 Å². The molecule has 0 saturated heterocycles. The van der Waals surface area contributed by atoms with E-state index in [0.29, 0.717) is 36.6 Å². The number of methoxy groups -OCH3 is 2. The molecule has 0 bridgehead atoms. The van der Waals surface area contributed by atoms with Gasteiger partial charge in [0, 0.05) is 18.7 Å². The smallest absolute Gasteiger partial charge is 0.124 e. The van der Waals surface area contributed by atoms with Crippen LogP contribution in [0.1, 0.15) is 31.9 Å². The molecule has 0 fully saturated rings. The first-order chi connectivity index (χ1) is 9.43. The van der Waals surface area contributed by atoms with Gasteiger partial charge >= 0.3 is 0 Å². The quantitative estimate of drug-likeness (QED) is 0.674. The molecule has 1 rings (SSSR count). The summed E-state index contributed by atoms with van der Waals surface area (Å²) in [7, 11) is 3.14. The number of rotatable bonds is 8. The summed E-state index contributed by atoms with van der Waals surface area (Å²) in [6.45, 7) is 4.44. The average molecular weight is 283 g/mol. The maximum Gasteiger partial charge on any atom is 0.124 e. The molecule has 0 aliphatic heterocycles. The van der Waals surface area contributed by atoms with E-state index in [2.05, 4.69) is 5.32 Å². The predicted octanol–water partition coefficient (Wildman–Crippen LogP) is 1.49. The summed E-state index contributed by atoms with van der Waals surface area (Å²) in [4.78, 5) is 0. The fourth-order valence-corrected chi connectivity index (χ4v) is 1.81. The second-order valence-corrected chi connectivity index (χ2v) is 5.11. The second-order valence-electron chi connectivity index (χ2n) is 5.11. The lowest BCUT2D eigenvalue weighted by atomic mass is 10.0. The Balaban J connectivity index is 2.69. The molecule has 20 heavy (non-hydrogen) atoms. The van der Waals surface area contributed by atoms with Gasteiger partial charge < -0.3 is 25.0 Å². The highest BCUT2D eigenvalue weighted by atomic mass is 16.5. The zero-order valence-electron chi connectivity index (χ0n) is 12.6. The fraction of sp³-hybridized carbons (Fsp3) is 0.600. The Morgan fingerprint density at radius 2 is 2.00 bits per heavy atom. The molecule has 0 amide bonds. The molecule has 0 aliphatic carbocycles. The van der Waals surface area contributed by atoms with Crippen LogP contribution >= 0.6 is 0 Å². The van der Waals surface area contributed by atoms with Gasteiger partial charge in [0.1, 0.15) is 11.5 Å². The van der Waals surface area contributed by atoms with Crippen LogP contribution < -0.4 is 14.8 Å². The number of benzene rings is 1. The highest BCUT2D eigenvalue weighted by Crippen LogP contribution is 2.29. The van der Waals surface area contributed by atoms with Crippen LogP contribution in [0.5, 0.6) is 11.5 Å². The normalized spacial score (nSPS) is 15.5. The molecule has 5 nitrogen and oxygen atoms in total. The van der Waals surface area contributed by atoms with Crippen molar-refractivity contribution in [3.8, 4) is 11.5 Å². The maximum absolute atomic E-state index is 10.2. The first-order valence-electron chi connectivity index (χ1n) is 6.76. The molecule has 1 aromatic carbocycles. The minimum atomic E-state index is -0.766. The van der Waals surface area contributed by atoms with E-state index in [0.717, 1.165) is 0 Å². The van der Waals surface area contributed by atoms with Gasteiger partial charge in [-0.05, 0) is 31.5 Å². The molecule has 2 unspecified atom stereocenters. The van der Waals surface area contributed by atoms with Crippen LogP contribution in [0.3, 0.4) is 0 Å². The molecular formula is C15H25NO4. The van der Waals surface area contributed by atoms with Gasteiger partial charge in [0.25, 0.3) is 0 Å². The molecule has 0 saturated carbocycles. The molecule has 0 spiro atoms. The minimum Gasteiger partial charge on any atom is -0.497 e. The van der Waals surface area contributed by atoms with Crippen LogP contribution in [0, 0.1) is 0 Å². The third kappa shape index (κ3) is 4.67. The molecule has 5 heteroatoms. The fourth-order valence-electron chi connectivity index (χ4n) is 1.81. The molecular weight excluding hydrogens is 258 g/mol. The van der Waals surface area contributed by atoms with Crippen LogP contribution in [0.4, 0.5) is 0 Å². The van der Waals surface area contributed by atoms with E-state index < -0.39 is 11.7 Å². The highest BCUT2D eigenvalue weighted by Gasteiger charge is 2.19. The number of aliphatic hydroxyl groups is 2. The van der Waals surface area contributed by atoms with Gasteiger partial charge in [-0.3, -0.25) is 0 Å². The van der Waals surface area contributed by atoms with Crippen molar-refractivity contribution in [2.24, 2.45) is 0 Å². The number of hydrogen-bond donors (Lipinski definition) is 3. The van der Waals surface area contributed by atoms with Gasteiger partial charge in [0.2, 0.25) is 0 Å². The third-order valence-corrected chi connectivity index (χ3v) is 3.40. The van der Waals surface area contributed by atoms with Crippen molar-refractivity contribution in [1.82, 2.24) is 5.32 Å². The van der Waals surface area contributed by atoms with Crippen molar-refractivity contribution < 1.29 is 19.7 Å². The Hall–Kier alpha value is -1.30. The average Bonchev–Trinajstić information content (AvgIpc) is 2.46. The van der Waals surface area contributed by atoms with E-state index >= 15 is 0 Å². The molecule has 1 aromatic rings. The van der Waals surface area contributed by atoms with Crippen molar-refractivity contribution in [1.29, 1.82) is 0 Å². The Labute approximate surface area is 120 Å². The zero-order chi connectivity index (χ0) is 15.2. The Bertz CT molecular complexity index is 420. The molecule has 114 valence electrons. The SMILES string of the molecule is CCC(C)(O)CNCC(O)c1cc(OC)ccc1OC. The van der Waals surface area contributed by atoms with E-state index in [1.165, 1.54) is 0 Å². The van der Waals surface area contributed by atoms with Crippen LogP contribution in [-0.4, -0.2) is 43.1 Å². The minimum absolute atomic E-state index is 0.333. The lowest BCUT2D eigenvalue weighted by molar-refractivity contribution is 0.0514. The van der Waals surface area contributed by atoms with Crippen LogP contribution in [-0.2, 0) is 0 Å². The van der Waals surface area contributed by atoms with Gasteiger partial charge in [-0.2, -0.15) is 0 Å². The van der Waals surface area contributed by atoms with Gasteiger partial charge in [-0.15, -0.1) is 0 Å². The molecule has 0 aromatic heterocycles. The van der Waals surface area contributed by atoms with Gasteiger partial charge in [0.15, 0.2) is 0 Å². The number of aliphatic hydroxyl groups excluding tert-OH is 1. The van der Waals surface area contributed by atoms with Crippen molar-refractivity contribution >= 4 is 0 Å². The van der Waals surface area contributed by atoms with Crippen LogP contribution in [0.15, 0.2) is 18.2 Å². The lowest BCUT2D eigenvalue weighted by Crippen LogP contribution is -2.38. The third-order valence-electron chi connectivity index (χ3n) is 3.40. The van der Waals surface area contributed by atoms with Gasteiger partial charge in [-0.1, -0.05) is 6.92 Å². The summed E-state index contributed by atoms with van der Waals surface area (Å²) in [6.07, 6.45) is -0.0776. The van der Waals surface area contributed by atoms with E-state index in [-0.39, 0.29) is 0 Å². The van der Waals surface area contributed by atoms with Gasteiger partial charge in [-0.25, -0.2) is 0 Å². The lowest BCUT2D eigenvalue weighted by Gasteiger charge is -2.23. The summed E-state index contributed by atoms with van der Waals surface area (Å²) < 4.78 is 10.4. The molecule has 0 aliphatic rings. The molecule has 0 heterocycles. The Kier molecular flexibility index (Phi) is 6.26. The predicted molar refractivity (Wildman–Crippen MR) is 78.3 cm³/mol. The maximum atomic E-state index is 10.2. The van der Waals surface area contributed by atoms with E-state index in [4.69, 9.17) is 9.47 Å². The number of ether oxygens (including phenoxy) is 2. The first kappa shape index (κ1) is 16.8. The van der Waals surface area contributed by atoms with Gasteiger partial charge in [0.05, 0.1) is 25.9 Å². The van der Waals surface area contributed by atoms with Crippen LogP contribution in [0.2, 0.25) is 0 Å². The largest absolute Gasteiger partial charge is 0.497 e. The van der Waals surface area contributed by atoms with Crippen molar-refractivity contribution in [3.05, 3.63) is 23.8 Å². The summed E-state index contributed by atoms with van der Waals surface area (Å²) in [5, 5.41) is 23.2. The monoisotopic (exact) mass is 283 g/mol.